The van der Waals surface area contributed by atoms with Crippen molar-refractivity contribution in [2.75, 3.05) is 19.6 Å². The summed E-state index contributed by atoms with van der Waals surface area (Å²) in [6.07, 6.45) is 2.12. The van der Waals surface area contributed by atoms with Gasteiger partial charge in [-0.3, -0.25) is 9.36 Å². The van der Waals surface area contributed by atoms with Gasteiger partial charge >= 0.3 is 0 Å². The van der Waals surface area contributed by atoms with Gasteiger partial charge in [0.05, 0.1) is 22.8 Å². The van der Waals surface area contributed by atoms with Gasteiger partial charge in [-0.25, -0.2) is 4.98 Å². The minimum atomic E-state index is 0.0409. The van der Waals surface area contributed by atoms with Crippen molar-refractivity contribution in [3.8, 4) is 0 Å². The third-order valence-corrected chi connectivity index (χ3v) is 4.53. The third-order valence-electron chi connectivity index (χ3n) is 4.29. The molecule has 1 aromatic heterocycles. The molecule has 0 bridgehead atoms. The Bertz CT molecular complexity index is 697. The normalized spacial score (nSPS) is 20.0. The predicted molar refractivity (Wildman–Crippen MR) is 85.9 cm³/mol. The lowest BCUT2D eigenvalue weighted by Crippen LogP contribution is -2.41. The molecule has 0 spiro atoms. The van der Waals surface area contributed by atoms with Gasteiger partial charge in [-0.05, 0) is 38.1 Å². The van der Waals surface area contributed by atoms with Crippen LogP contribution in [0.5, 0.6) is 0 Å². The molecule has 0 radical (unpaired) electrons. The molecule has 0 aliphatic carbocycles. The summed E-state index contributed by atoms with van der Waals surface area (Å²) in [5.41, 5.74) is 0.775. The van der Waals surface area contributed by atoms with Crippen molar-refractivity contribution < 1.29 is 0 Å². The van der Waals surface area contributed by atoms with Gasteiger partial charge in [0, 0.05) is 6.54 Å². The summed E-state index contributed by atoms with van der Waals surface area (Å²) in [4.78, 5) is 19.8. The van der Waals surface area contributed by atoms with Gasteiger partial charge in [0.15, 0.2) is 0 Å². The second-order valence-electron chi connectivity index (χ2n) is 5.54. The van der Waals surface area contributed by atoms with Crippen molar-refractivity contribution in [1.82, 2.24) is 14.5 Å². The predicted octanol–water partition coefficient (Wildman–Crippen LogP) is 2.79. The number of benzene rings is 1. The highest BCUT2D eigenvalue weighted by Gasteiger charge is 2.24. The minimum Gasteiger partial charge on any atom is -0.302 e. The molecule has 3 rings (SSSR count). The average molecular weight is 306 g/mol. The lowest BCUT2D eigenvalue weighted by atomic mass is 10.0. The number of para-hydroxylation sites is 1. The first-order valence-electron chi connectivity index (χ1n) is 7.53. The van der Waals surface area contributed by atoms with Gasteiger partial charge in [-0.1, -0.05) is 19.1 Å². The molecule has 0 N–H and O–H groups in total. The van der Waals surface area contributed by atoms with Crippen LogP contribution in [0.3, 0.4) is 0 Å². The summed E-state index contributed by atoms with van der Waals surface area (Å²) >= 11 is 6.06. The van der Waals surface area contributed by atoms with Crippen molar-refractivity contribution in [3.63, 3.8) is 0 Å². The summed E-state index contributed by atoms with van der Waals surface area (Å²) in [6.45, 7) is 5.19. The molecule has 0 saturated carbocycles. The SMILES string of the molecule is CCN1CCCC(n2c(CCl)nc3ccccc3c2=O)C1. The number of likely N-dealkylation sites (N-methyl/N-ethyl adjacent to an activating group) is 1. The molecule has 21 heavy (non-hydrogen) atoms. The Morgan fingerprint density at radius 3 is 2.95 bits per heavy atom. The van der Waals surface area contributed by atoms with E-state index in [0.29, 0.717) is 11.2 Å². The number of nitrogens with zero attached hydrogens (tertiary/aromatic N) is 3. The molecular weight excluding hydrogens is 286 g/mol. The van der Waals surface area contributed by atoms with E-state index in [-0.39, 0.29) is 17.5 Å². The zero-order valence-corrected chi connectivity index (χ0v) is 13.0. The van der Waals surface area contributed by atoms with E-state index in [4.69, 9.17) is 11.6 Å². The number of fused-ring (bicyclic) bond motifs is 1. The summed E-state index contributed by atoms with van der Waals surface area (Å²) in [6, 6.07) is 7.68. The maximum Gasteiger partial charge on any atom is 0.261 e. The topological polar surface area (TPSA) is 38.1 Å². The third kappa shape index (κ3) is 2.70. The second kappa shape index (κ2) is 6.16. The van der Waals surface area contributed by atoms with E-state index in [1.807, 2.05) is 28.8 Å². The number of likely N-dealkylation sites (tertiary alicyclic amines) is 1. The number of alkyl halides is 1. The fourth-order valence-corrected chi connectivity index (χ4v) is 3.38. The average Bonchev–Trinajstić information content (AvgIpc) is 2.54. The fourth-order valence-electron chi connectivity index (χ4n) is 3.19. The van der Waals surface area contributed by atoms with Crippen molar-refractivity contribution in [1.29, 1.82) is 0 Å². The first kappa shape index (κ1) is 14.5. The summed E-state index contributed by atoms with van der Waals surface area (Å²) in [5, 5.41) is 0.681. The number of rotatable bonds is 3. The van der Waals surface area contributed by atoms with E-state index in [1.165, 1.54) is 0 Å². The Labute approximate surface area is 129 Å². The first-order valence-corrected chi connectivity index (χ1v) is 8.06. The van der Waals surface area contributed by atoms with E-state index >= 15 is 0 Å². The quantitative estimate of drug-likeness (QED) is 0.819. The van der Waals surface area contributed by atoms with Crippen LogP contribution in [0.25, 0.3) is 10.9 Å². The highest BCUT2D eigenvalue weighted by Crippen LogP contribution is 2.22. The van der Waals surface area contributed by atoms with Gasteiger partial charge in [0.1, 0.15) is 5.82 Å². The van der Waals surface area contributed by atoms with E-state index in [0.717, 1.165) is 38.0 Å². The lowest BCUT2D eigenvalue weighted by Gasteiger charge is -2.33. The minimum absolute atomic E-state index is 0.0409. The van der Waals surface area contributed by atoms with Crippen LogP contribution < -0.4 is 5.56 Å². The largest absolute Gasteiger partial charge is 0.302 e. The smallest absolute Gasteiger partial charge is 0.261 e. The molecule has 1 aliphatic heterocycles. The Hall–Kier alpha value is -1.39. The fraction of sp³-hybridized carbons (Fsp3) is 0.500. The number of aromatic nitrogens is 2. The van der Waals surface area contributed by atoms with E-state index in [2.05, 4.69) is 16.8 Å². The molecule has 1 saturated heterocycles. The molecule has 1 aliphatic rings. The Kier molecular flexibility index (Phi) is 4.27. The Morgan fingerprint density at radius 1 is 1.38 bits per heavy atom. The molecule has 1 aromatic carbocycles. The van der Waals surface area contributed by atoms with E-state index in [1.54, 1.807) is 0 Å². The first-order chi connectivity index (χ1) is 10.2. The molecule has 0 amide bonds. The summed E-state index contributed by atoms with van der Waals surface area (Å²) < 4.78 is 1.83. The van der Waals surface area contributed by atoms with Gasteiger partial charge in [-0.2, -0.15) is 0 Å². The summed E-state index contributed by atoms with van der Waals surface area (Å²) in [7, 11) is 0. The zero-order chi connectivity index (χ0) is 14.8. The van der Waals surface area contributed by atoms with Gasteiger partial charge < -0.3 is 4.90 Å². The van der Waals surface area contributed by atoms with Gasteiger partial charge in [0.2, 0.25) is 0 Å². The van der Waals surface area contributed by atoms with E-state index in [9.17, 15) is 4.79 Å². The lowest BCUT2D eigenvalue weighted by molar-refractivity contribution is 0.181. The molecule has 5 heteroatoms. The van der Waals surface area contributed by atoms with Crippen LogP contribution in [-0.2, 0) is 5.88 Å². The van der Waals surface area contributed by atoms with Gasteiger partial charge in [-0.15, -0.1) is 11.6 Å². The summed E-state index contributed by atoms with van der Waals surface area (Å²) in [5.74, 6) is 0.950. The molecule has 1 fully saturated rings. The molecule has 1 atom stereocenters. The highest BCUT2D eigenvalue weighted by atomic mass is 35.5. The number of piperidine rings is 1. The molecular formula is C16H20ClN3O. The number of hydrogen-bond acceptors (Lipinski definition) is 3. The number of hydrogen-bond donors (Lipinski definition) is 0. The number of halogens is 1. The van der Waals surface area contributed by atoms with Crippen molar-refractivity contribution in [3.05, 3.63) is 40.4 Å². The Balaban J connectivity index is 2.12. The van der Waals surface area contributed by atoms with Crippen LogP contribution in [0.1, 0.15) is 31.6 Å². The zero-order valence-electron chi connectivity index (χ0n) is 12.3. The molecule has 112 valence electrons. The maximum absolute atomic E-state index is 12.8. The van der Waals surface area contributed by atoms with Crippen LogP contribution in [0.15, 0.2) is 29.1 Å². The van der Waals surface area contributed by atoms with Crippen LogP contribution in [0.4, 0.5) is 0 Å². The van der Waals surface area contributed by atoms with Gasteiger partial charge in [0.25, 0.3) is 5.56 Å². The van der Waals surface area contributed by atoms with Crippen molar-refractivity contribution in [2.45, 2.75) is 31.7 Å². The molecule has 2 aromatic rings. The highest BCUT2D eigenvalue weighted by molar-refractivity contribution is 6.16. The van der Waals surface area contributed by atoms with Crippen LogP contribution in [0.2, 0.25) is 0 Å². The monoisotopic (exact) mass is 305 g/mol. The second-order valence-corrected chi connectivity index (χ2v) is 5.81. The molecule has 1 unspecified atom stereocenters. The van der Waals surface area contributed by atoms with Crippen molar-refractivity contribution in [2.24, 2.45) is 0 Å². The Morgan fingerprint density at radius 2 is 2.19 bits per heavy atom. The standard InChI is InChI=1S/C16H20ClN3O/c1-2-19-9-5-6-12(11-19)20-15(10-17)18-14-8-4-3-7-13(14)16(20)21/h3-4,7-8,12H,2,5-6,9-11H2,1H3. The molecule has 4 nitrogen and oxygen atoms in total. The van der Waals surface area contributed by atoms with Crippen LogP contribution in [0, 0.1) is 0 Å². The molecule has 2 heterocycles. The van der Waals surface area contributed by atoms with Crippen molar-refractivity contribution >= 4 is 22.5 Å². The van der Waals surface area contributed by atoms with E-state index < -0.39 is 0 Å². The van der Waals surface area contributed by atoms with Crippen LogP contribution >= 0.6 is 11.6 Å². The van der Waals surface area contributed by atoms with Crippen LogP contribution in [-0.4, -0.2) is 34.1 Å². The maximum atomic E-state index is 12.8.